The Labute approximate surface area is 755 Å². The van der Waals surface area contributed by atoms with Gasteiger partial charge in [-0.25, -0.2) is 0 Å². The Hall–Kier alpha value is -14.6. The SMILES string of the molecule is CC(C)(C)c1cc(-c2ccc3c(c2)N(c2c(-c4ccccc4)cc(C(C)(C)C)cc2-c2ccccc2)c2cc(-n4c5ccccc5c5cc(-c6ccccc6)ccc54)cc4c2B3c2cc(-c3cc(-c5ccccc5)cc(-c5ccccc5)c3)ccc2N4c2c(-c3ccc(-c4ccccc4)cc3)cc(C(C)(C)C)cc2-c2ccc(-c3ccccc3)cc2)cc(C(C)(C)C)c1. The number of aromatic nitrogens is 1. The van der Waals surface area contributed by atoms with Crippen molar-refractivity contribution in [3.63, 3.8) is 0 Å². The Bertz CT molecular complexity index is 7200. The fraction of sp³-hybridized carbons (Fsp3) is 0.129. The molecule has 2 aliphatic rings. The van der Waals surface area contributed by atoms with Gasteiger partial charge in [0.1, 0.15) is 0 Å². The highest BCUT2D eigenvalue weighted by molar-refractivity contribution is 7.00. The number of para-hydroxylation sites is 1. The standard InChI is InChI=1S/C124H104BN3/c1-121(2,3)99-69-98(70-100(74-99)122(4,5)6)94-60-63-110-115(73-94)128(120-105(88-46-30-18-31-47-88)75-101(123(7,8)9)76-106(120)89-48-32-19-33-49-89)117-80-103(126-112-51-35-34-50-104(112)109-71-92(61-64-113(109)126)83-40-24-15-25-41-83)79-116-118(117)125(110)111-72-93(97-67-95(84-42-26-16-27-43-84)66-96(68-97)85-44-28-17-29-45-85)62-65-114(111)127(116)119-107(90-56-52-86(53-57-90)81-36-20-13-21-37-81)77-102(124(10,11)12)78-108(119)91-58-54-87(55-59-91)82-38-22-14-23-39-82/h13-80H,1-12H3. The van der Waals surface area contributed by atoms with Gasteiger partial charge in [0.15, 0.2) is 0 Å². The molecule has 0 aliphatic carbocycles. The molecule has 0 amide bonds. The minimum absolute atomic E-state index is 0.149. The highest BCUT2D eigenvalue weighted by atomic mass is 15.2. The molecule has 3 heterocycles. The molecule has 128 heavy (non-hydrogen) atoms. The van der Waals surface area contributed by atoms with Crippen LogP contribution in [0.5, 0.6) is 0 Å². The largest absolute Gasteiger partial charge is 0.310 e. The molecule has 21 rings (SSSR count). The van der Waals surface area contributed by atoms with Crippen molar-refractivity contribution in [1.29, 1.82) is 0 Å². The van der Waals surface area contributed by atoms with E-state index in [0.29, 0.717) is 0 Å². The Morgan fingerprint density at radius 2 is 0.484 bits per heavy atom. The zero-order valence-corrected chi connectivity index (χ0v) is 75.2. The summed E-state index contributed by atoms with van der Waals surface area (Å²) in [6, 6.07) is 157. The third kappa shape index (κ3) is 14.8. The number of fused-ring (bicyclic) bond motifs is 7. The van der Waals surface area contributed by atoms with Gasteiger partial charge in [0.25, 0.3) is 6.71 Å². The van der Waals surface area contributed by atoms with E-state index < -0.39 is 0 Å². The summed E-state index contributed by atoms with van der Waals surface area (Å²) in [6.07, 6.45) is 0. The van der Waals surface area contributed by atoms with Crippen molar-refractivity contribution in [3.8, 4) is 128 Å². The van der Waals surface area contributed by atoms with Crippen LogP contribution in [0.15, 0.2) is 413 Å². The lowest BCUT2D eigenvalue weighted by Gasteiger charge is -2.46. The summed E-state index contributed by atoms with van der Waals surface area (Å²) in [5.74, 6) is 0. The van der Waals surface area contributed by atoms with Gasteiger partial charge in [-0.1, -0.05) is 411 Å². The third-order valence-corrected chi connectivity index (χ3v) is 26.7. The molecule has 18 aromatic carbocycles. The summed E-state index contributed by atoms with van der Waals surface area (Å²) in [6.45, 7) is 28.1. The van der Waals surface area contributed by atoms with E-state index in [0.717, 1.165) is 145 Å². The van der Waals surface area contributed by atoms with Gasteiger partial charge in [0.2, 0.25) is 0 Å². The van der Waals surface area contributed by atoms with Gasteiger partial charge in [-0.3, -0.25) is 0 Å². The van der Waals surface area contributed by atoms with Crippen LogP contribution in [-0.2, 0) is 21.7 Å². The van der Waals surface area contributed by atoms with E-state index >= 15 is 0 Å². The van der Waals surface area contributed by atoms with Crippen molar-refractivity contribution in [2.75, 3.05) is 9.80 Å². The molecule has 0 unspecified atom stereocenters. The van der Waals surface area contributed by atoms with E-state index in [1.807, 2.05) is 0 Å². The summed E-state index contributed by atoms with van der Waals surface area (Å²) in [5.41, 5.74) is 43.0. The molecule has 0 atom stereocenters. The van der Waals surface area contributed by atoms with Crippen LogP contribution < -0.4 is 26.2 Å². The Morgan fingerprint density at radius 3 is 0.914 bits per heavy atom. The van der Waals surface area contributed by atoms with E-state index in [-0.39, 0.29) is 28.4 Å². The second-order valence-electron chi connectivity index (χ2n) is 39.3. The zero-order chi connectivity index (χ0) is 87.5. The second kappa shape index (κ2) is 31.8. The second-order valence-corrected chi connectivity index (χ2v) is 39.3. The first-order chi connectivity index (χ1) is 62.0. The average molecular weight is 1650 g/mol. The molecule has 1 aromatic heterocycles. The predicted molar refractivity (Wildman–Crippen MR) is 549 cm³/mol. The van der Waals surface area contributed by atoms with Crippen LogP contribution in [0.2, 0.25) is 0 Å². The van der Waals surface area contributed by atoms with Crippen LogP contribution in [0.4, 0.5) is 34.1 Å². The van der Waals surface area contributed by atoms with Gasteiger partial charge in [-0.15, -0.1) is 0 Å². The number of nitrogens with zero attached hydrogens (tertiary/aromatic N) is 3. The van der Waals surface area contributed by atoms with Gasteiger partial charge < -0.3 is 14.4 Å². The van der Waals surface area contributed by atoms with E-state index in [1.54, 1.807) is 0 Å². The molecule has 618 valence electrons. The normalized spacial score (nSPS) is 12.6. The van der Waals surface area contributed by atoms with Crippen molar-refractivity contribution in [2.24, 2.45) is 0 Å². The van der Waals surface area contributed by atoms with Crippen molar-refractivity contribution in [2.45, 2.75) is 105 Å². The minimum Gasteiger partial charge on any atom is -0.310 e. The summed E-state index contributed by atoms with van der Waals surface area (Å²) in [7, 11) is 0. The molecule has 19 aromatic rings. The van der Waals surface area contributed by atoms with Gasteiger partial charge in [0.05, 0.1) is 28.1 Å². The lowest BCUT2D eigenvalue weighted by Crippen LogP contribution is -2.61. The van der Waals surface area contributed by atoms with Gasteiger partial charge >= 0.3 is 0 Å². The van der Waals surface area contributed by atoms with Crippen molar-refractivity contribution < 1.29 is 0 Å². The first kappa shape index (κ1) is 80.5. The molecular weight excluding hydrogens is 1540 g/mol. The predicted octanol–water partition coefficient (Wildman–Crippen LogP) is 32.4. The van der Waals surface area contributed by atoms with E-state index in [1.165, 1.54) is 77.2 Å². The highest BCUT2D eigenvalue weighted by Crippen LogP contribution is 2.57. The number of benzene rings is 18. The van der Waals surface area contributed by atoms with Crippen LogP contribution in [0, 0.1) is 0 Å². The smallest absolute Gasteiger partial charge is 0.252 e. The molecule has 2 aliphatic heterocycles. The van der Waals surface area contributed by atoms with Crippen LogP contribution in [0.25, 0.3) is 150 Å². The molecule has 3 nitrogen and oxygen atoms in total. The number of rotatable bonds is 14. The van der Waals surface area contributed by atoms with Crippen molar-refractivity contribution in [1.82, 2.24) is 4.57 Å². The van der Waals surface area contributed by atoms with Crippen molar-refractivity contribution in [3.05, 3.63) is 435 Å². The molecule has 0 saturated carbocycles. The summed E-state index contributed by atoms with van der Waals surface area (Å²) in [4.78, 5) is 5.52. The maximum Gasteiger partial charge on any atom is 0.252 e. The molecule has 0 fully saturated rings. The molecule has 4 heteroatoms. The number of hydrogen-bond donors (Lipinski definition) is 0. The third-order valence-electron chi connectivity index (χ3n) is 26.7. The Kier molecular flexibility index (Phi) is 20.0. The molecule has 0 bridgehead atoms. The van der Waals surface area contributed by atoms with Crippen LogP contribution in [-0.4, -0.2) is 11.3 Å². The van der Waals surface area contributed by atoms with E-state index in [9.17, 15) is 0 Å². The topological polar surface area (TPSA) is 11.4 Å². The number of hydrogen-bond acceptors (Lipinski definition) is 2. The fourth-order valence-corrected chi connectivity index (χ4v) is 19.7. The maximum absolute atomic E-state index is 2.77. The molecule has 0 spiro atoms. The Morgan fingerprint density at radius 1 is 0.188 bits per heavy atom. The van der Waals surface area contributed by atoms with E-state index in [2.05, 4.69) is 510 Å². The molecule has 0 saturated heterocycles. The van der Waals surface area contributed by atoms with Crippen LogP contribution in [0.3, 0.4) is 0 Å². The monoisotopic (exact) mass is 1650 g/mol. The Balaban J connectivity index is 0.965. The molecule has 0 N–H and O–H groups in total. The van der Waals surface area contributed by atoms with E-state index in [4.69, 9.17) is 0 Å². The summed E-state index contributed by atoms with van der Waals surface area (Å²) in [5, 5.41) is 2.36. The van der Waals surface area contributed by atoms with Gasteiger partial charge in [-0.05, 0) is 245 Å². The fourth-order valence-electron chi connectivity index (χ4n) is 19.7. The maximum atomic E-state index is 2.77. The highest BCUT2D eigenvalue weighted by Gasteiger charge is 2.47. The zero-order valence-electron chi connectivity index (χ0n) is 75.2. The minimum atomic E-state index is -0.366. The lowest BCUT2D eigenvalue weighted by atomic mass is 9.33. The van der Waals surface area contributed by atoms with Gasteiger partial charge in [-0.2, -0.15) is 0 Å². The summed E-state index contributed by atoms with van der Waals surface area (Å²) < 4.78 is 2.59. The van der Waals surface area contributed by atoms with Crippen LogP contribution in [0.1, 0.15) is 105 Å². The van der Waals surface area contributed by atoms with Gasteiger partial charge in [0, 0.05) is 55.8 Å². The first-order valence-corrected chi connectivity index (χ1v) is 45.4. The molecular formula is C124H104BN3. The quantitative estimate of drug-likeness (QED) is 0.101. The van der Waals surface area contributed by atoms with Crippen molar-refractivity contribution >= 4 is 79.0 Å². The molecule has 0 radical (unpaired) electrons. The lowest BCUT2D eigenvalue weighted by molar-refractivity contribution is 0.569. The first-order valence-electron chi connectivity index (χ1n) is 45.4. The summed E-state index contributed by atoms with van der Waals surface area (Å²) >= 11 is 0. The van der Waals surface area contributed by atoms with Crippen LogP contribution >= 0.6 is 0 Å². The average Bonchev–Trinajstić information content (AvgIpc) is 1.09. The number of anilines is 6.